The van der Waals surface area contributed by atoms with Gasteiger partial charge in [0, 0.05) is 6.54 Å². The van der Waals surface area contributed by atoms with E-state index in [0.717, 1.165) is 17.7 Å². The zero-order valence-electron chi connectivity index (χ0n) is 13.5. The molecule has 2 N–H and O–H groups in total. The van der Waals surface area contributed by atoms with Gasteiger partial charge in [0.15, 0.2) is 0 Å². The summed E-state index contributed by atoms with van der Waals surface area (Å²) in [5, 5.41) is 6.10. The highest BCUT2D eigenvalue weighted by Crippen LogP contribution is 2.22. The Labute approximate surface area is 146 Å². The van der Waals surface area contributed by atoms with Crippen LogP contribution in [0.15, 0.2) is 48.5 Å². The molecule has 2 aromatic rings. The molecular weight excluding hydrogens is 328 g/mol. The first-order valence-corrected chi connectivity index (χ1v) is 8.09. The number of methoxy groups -OCH3 is 1. The number of carbonyl (C=O) groups excluding carboxylic acids is 1. The van der Waals surface area contributed by atoms with Crippen molar-refractivity contribution in [3.8, 4) is 11.5 Å². The number of hydrogen-bond donors (Lipinski definition) is 2. The standard InChI is InChI=1S/C18H21ClN2O3/c1-23-15-6-4-5-14(13-15)9-10-20-18(22)21-11-12-24-17-8-3-2-7-16(17)19/h2-8,13H,9-12H2,1H3,(H2,20,21,22). The van der Waals surface area contributed by atoms with Gasteiger partial charge >= 0.3 is 6.03 Å². The van der Waals surface area contributed by atoms with Crippen LogP contribution in [0, 0.1) is 0 Å². The number of rotatable bonds is 8. The Kier molecular flexibility index (Phi) is 7.23. The third kappa shape index (κ3) is 6.01. The van der Waals surface area contributed by atoms with Gasteiger partial charge in [0.25, 0.3) is 0 Å². The average Bonchev–Trinajstić information content (AvgIpc) is 2.60. The summed E-state index contributed by atoms with van der Waals surface area (Å²) in [7, 11) is 1.63. The molecule has 2 rings (SSSR count). The lowest BCUT2D eigenvalue weighted by Crippen LogP contribution is -2.38. The second-order valence-corrected chi connectivity index (χ2v) is 5.47. The maximum absolute atomic E-state index is 11.7. The molecule has 0 aliphatic heterocycles. The minimum atomic E-state index is -0.222. The van der Waals surface area contributed by atoms with Gasteiger partial charge in [-0.1, -0.05) is 35.9 Å². The Hall–Kier alpha value is -2.40. The molecule has 0 unspecified atom stereocenters. The van der Waals surface area contributed by atoms with E-state index < -0.39 is 0 Å². The number of hydrogen-bond acceptors (Lipinski definition) is 3. The summed E-state index contributed by atoms with van der Waals surface area (Å²) >= 11 is 5.98. The molecule has 5 nitrogen and oxygen atoms in total. The molecule has 0 bridgehead atoms. The molecule has 24 heavy (non-hydrogen) atoms. The Morgan fingerprint density at radius 2 is 1.88 bits per heavy atom. The quantitative estimate of drug-likeness (QED) is 0.720. The highest BCUT2D eigenvalue weighted by molar-refractivity contribution is 6.32. The molecule has 0 aliphatic carbocycles. The second kappa shape index (κ2) is 9.67. The van der Waals surface area contributed by atoms with Crippen molar-refractivity contribution >= 4 is 17.6 Å². The van der Waals surface area contributed by atoms with E-state index in [0.29, 0.717) is 30.5 Å². The van der Waals surface area contributed by atoms with Gasteiger partial charge in [0.2, 0.25) is 0 Å². The van der Waals surface area contributed by atoms with Crippen LogP contribution < -0.4 is 20.1 Å². The summed E-state index contributed by atoms with van der Waals surface area (Å²) in [6.07, 6.45) is 0.737. The van der Waals surface area contributed by atoms with Crippen LogP contribution in [0.25, 0.3) is 0 Å². The van der Waals surface area contributed by atoms with E-state index in [1.165, 1.54) is 0 Å². The maximum Gasteiger partial charge on any atom is 0.314 e. The zero-order chi connectivity index (χ0) is 17.2. The van der Waals surface area contributed by atoms with Crippen molar-refractivity contribution < 1.29 is 14.3 Å². The number of carbonyl (C=O) groups is 1. The van der Waals surface area contributed by atoms with Crippen molar-refractivity contribution in [2.45, 2.75) is 6.42 Å². The maximum atomic E-state index is 11.7. The van der Waals surface area contributed by atoms with E-state index in [2.05, 4.69) is 10.6 Å². The minimum Gasteiger partial charge on any atom is -0.497 e. The van der Waals surface area contributed by atoms with Gasteiger partial charge in [-0.2, -0.15) is 0 Å². The first-order valence-electron chi connectivity index (χ1n) is 7.71. The lowest BCUT2D eigenvalue weighted by atomic mass is 10.1. The van der Waals surface area contributed by atoms with Crippen molar-refractivity contribution in [1.82, 2.24) is 10.6 Å². The van der Waals surface area contributed by atoms with Gasteiger partial charge < -0.3 is 20.1 Å². The Bertz CT molecular complexity index is 664. The van der Waals surface area contributed by atoms with E-state index in [4.69, 9.17) is 21.1 Å². The fourth-order valence-corrected chi connectivity index (χ4v) is 2.29. The van der Waals surface area contributed by atoms with Gasteiger partial charge in [0.1, 0.15) is 18.1 Å². The normalized spacial score (nSPS) is 10.1. The summed E-state index contributed by atoms with van der Waals surface area (Å²) in [6, 6.07) is 14.8. The van der Waals surface area contributed by atoms with Crippen LogP contribution in [0.4, 0.5) is 4.79 Å². The Morgan fingerprint density at radius 1 is 1.08 bits per heavy atom. The van der Waals surface area contributed by atoms with Crippen molar-refractivity contribution in [1.29, 1.82) is 0 Å². The van der Waals surface area contributed by atoms with Crippen molar-refractivity contribution in [3.05, 3.63) is 59.1 Å². The summed E-state index contributed by atoms with van der Waals surface area (Å²) in [5.41, 5.74) is 1.11. The summed E-state index contributed by atoms with van der Waals surface area (Å²) < 4.78 is 10.7. The molecule has 0 saturated heterocycles. The molecule has 0 radical (unpaired) electrons. The van der Waals surface area contributed by atoms with Crippen LogP contribution >= 0.6 is 11.6 Å². The Balaban J connectivity index is 1.60. The molecule has 2 amide bonds. The molecule has 128 valence electrons. The van der Waals surface area contributed by atoms with Crippen LogP contribution in [0.1, 0.15) is 5.56 Å². The van der Waals surface area contributed by atoms with E-state index in [9.17, 15) is 4.79 Å². The fraction of sp³-hybridized carbons (Fsp3) is 0.278. The first kappa shape index (κ1) is 17.9. The summed E-state index contributed by atoms with van der Waals surface area (Å²) in [5.74, 6) is 1.42. The highest BCUT2D eigenvalue weighted by atomic mass is 35.5. The number of halogens is 1. The average molecular weight is 349 g/mol. The van der Waals surface area contributed by atoms with E-state index in [-0.39, 0.29) is 6.03 Å². The van der Waals surface area contributed by atoms with Crippen LogP contribution in [-0.4, -0.2) is 32.8 Å². The number of amides is 2. The molecule has 0 aromatic heterocycles. The van der Waals surface area contributed by atoms with Gasteiger partial charge in [-0.15, -0.1) is 0 Å². The minimum absolute atomic E-state index is 0.222. The third-order valence-corrected chi connectivity index (χ3v) is 3.63. The predicted octanol–water partition coefficient (Wildman–Crippen LogP) is 3.27. The fourth-order valence-electron chi connectivity index (χ4n) is 2.10. The molecule has 0 aliphatic rings. The van der Waals surface area contributed by atoms with Gasteiger partial charge in [-0.05, 0) is 36.2 Å². The first-order chi connectivity index (χ1) is 11.7. The van der Waals surface area contributed by atoms with Gasteiger partial charge in [-0.3, -0.25) is 0 Å². The molecule has 0 saturated carbocycles. The van der Waals surface area contributed by atoms with Crippen molar-refractivity contribution in [3.63, 3.8) is 0 Å². The zero-order valence-corrected chi connectivity index (χ0v) is 14.3. The van der Waals surface area contributed by atoms with Gasteiger partial charge in [0.05, 0.1) is 18.7 Å². The SMILES string of the molecule is COc1cccc(CCNC(=O)NCCOc2ccccc2Cl)c1. The number of benzene rings is 2. The van der Waals surface area contributed by atoms with E-state index >= 15 is 0 Å². The largest absolute Gasteiger partial charge is 0.497 e. The Morgan fingerprint density at radius 3 is 2.67 bits per heavy atom. The van der Waals surface area contributed by atoms with Crippen LogP contribution in [0.3, 0.4) is 0 Å². The number of nitrogens with one attached hydrogen (secondary N) is 2. The van der Waals surface area contributed by atoms with Crippen LogP contribution in [-0.2, 0) is 6.42 Å². The third-order valence-electron chi connectivity index (χ3n) is 3.32. The van der Waals surface area contributed by atoms with Crippen LogP contribution in [0.5, 0.6) is 11.5 Å². The molecule has 6 heteroatoms. The number of para-hydroxylation sites is 1. The number of ether oxygens (including phenoxy) is 2. The molecule has 0 fully saturated rings. The topological polar surface area (TPSA) is 59.6 Å². The van der Waals surface area contributed by atoms with Crippen LogP contribution in [0.2, 0.25) is 5.02 Å². The molecule has 0 spiro atoms. The molecule has 0 atom stereocenters. The van der Waals surface area contributed by atoms with E-state index in [1.54, 1.807) is 19.2 Å². The molecular formula is C18H21ClN2O3. The summed E-state index contributed by atoms with van der Waals surface area (Å²) in [4.78, 5) is 11.7. The molecule has 0 heterocycles. The van der Waals surface area contributed by atoms with E-state index in [1.807, 2.05) is 36.4 Å². The van der Waals surface area contributed by atoms with Gasteiger partial charge in [-0.25, -0.2) is 4.79 Å². The lowest BCUT2D eigenvalue weighted by molar-refractivity contribution is 0.236. The highest BCUT2D eigenvalue weighted by Gasteiger charge is 2.02. The summed E-state index contributed by atoms with van der Waals surface area (Å²) in [6.45, 7) is 1.30. The molecule has 2 aromatic carbocycles. The smallest absolute Gasteiger partial charge is 0.314 e. The number of urea groups is 1. The lowest BCUT2D eigenvalue weighted by Gasteiger charge is -2.10. The second-order valence-electron chi connectivity index (χ2n) is 5.06. The monoisotopic (exact) mass is 348 g/mol. The van der Waals surface area contributed by atoms with Crippen molar-refractivity contribution in [2.75, 3.05) is 26.8 Å². The van der Waals surface area contributed by atoms with Crippen molar-refractivity contribution in [2.24, 2.45) is 0 Å². The predicted molar refractivity (Wildman–Crippen MR) is 95.0 cm³/mol.